The van der Waals surface area contributed by atoms with Crippen molar-refractivity contribution in [2.75, 3.05) is 31.1 Å². The van der Waals surface area contributed by atoms with E-state index in [4.69, 9.17) is 14.2 Å². The van der Waals surface area contributed by atoms with E-state index >= 15 is 0 Å². The van der Waals surface area contributed by atoms with E-state index in [2.05, 4.69) is 5.32 Å². The molecule has 1 amide bonds. The molecule has 0 aliphatic rings. The number of nitrogens with one attached hydrogen (secondary N) is 1. The first-order valence-corrected chi connectivity index (χ1v) is 10.5. The number of anilines is 1. The number of amides is 1. The van der Waals surface area contributed by atoms with Crippen LogP contribution in [0.5, 0.6) is 5.75 Å². The normalized spacial score (nSPS) is 11.1. The minimum atomic E-state index is -0.710. The van der Waals surface area contributed by atoms with Crippen LogP contribution >= 0.6 is 0 Å². The summed E-state index contributed by atoms with van der Waals surface area (Å²) in [6.45, 7) is 7.53. The Labute approximate surface area is 187 Å². The molecule has 0 fully saturated rings. The van der Waals surface area contributed by atoms with Crippen molar-refractivity contribution in [3.63, 3.8) is 0 Å². The summed E-state index contributed by atoms with van der Waals surface area (Å²) in [5, 5.41) is 2.63. The lowest BCUT2D eigenvalue weighted by Gasteiger charge is -2.28. The highest BCUT2D eigenvalue weighted by Crippen LogP contribution is 2.23. The maximum absolute atomic E-state index is 12.3. The molecule has 9 nitrogen and oxygen atoms in total. The van der Waals surface area contributed by atoms with E-state index in [-0.39, 0.29) is 44.3 Å². The summed E-state index contributed by atoms with van der Waals surface area (Å²) in [5.41, 5.74) is -1.17. The quantitative estimate of drug-likeness (QED) is 0.318. The van der Waals surface area contributed by atoms with Crippen LogP contribution < -0.4 is 25.8 Å². The minimum Gasteiger partial charge on any atom is -0.488 e. The maximum atomic E-state index is 12.3. The molecule has 0 aliphatic carbocycles. The predicted molar refractivity (Wildman–Crippen MR) is 120 cm³/mol. The van der Waals surface area contributed by atoms with Gasteiger partial charge in [0.2, 0.25) is 0 Å². The zero-order valence-corrected chi connectivity index (χ0v) is 18.9. The van der Waals surface area contributed by atoms with Crippen molar-refractivity contribution < 1.29 is 23.8 Å². The molecule has 0 spiro atoms. The second kappa shape index (κ2) is 11.3. The van der Waals surface area contributed by atoms with Gasteiger partial charge in [-0.2, -0.15) is 0 Å². The molecule has 0 heterocycles. The Balaban J connectivity index is 1.93. The summed E-state index contributed by atoms with van der Waals surface area (Å²) in [6.07, 6.45) is -0.176. The largest absolute Gasteiger partial charge is 0.488 e. The first-order chi connectivity index (χ1) is 15.1. The molecule has 32 heavy (non-hydrogen) atoms. The van der Waals surface area contributed by atoms with Crippen LogP contribution in [-0.2, 0) is 20.9 Å². The molecule has 1 N–H and O–H groups in total. The minimum absolute atomic E-state index is 0.0451. The SMILES string of the molecule is CCOc1c(N(CCCNC(=O)OCc2ccccc2)CC(=O)OC(C)(C)C)c(=O)c1=O. The van der Waals surface area contributed by atoms with Crippen LogP contribution in [0.1, 0.15) is 39.7 Å². The lowest BCUT2D eigenvalue weighted by molar-refractivity contribution is -0.153. The Morgan fingerprint density at radius 1 is 1.06 bits per heavy atom. The van der Waals surface area contributed by atoms with Gasteiger partial charge in [0.05, 0.1) is 6.61 Å². The van der Waals surface area contributed by atoms with E-state index < -0.39 is 28.5 Å². The summed E-state index contributed by atoms with van der Waals surface area (Å²) < 4.78 is 15.8. The highest BCUT2D eigenvalue weighted by molar-refractivity contribution is 5.78. The van der Waals surface area contributed by atoms with Crippen molar-refractivity contribution in [3.05, 3.63) is 56.3 Å². The molecule has 0 bridgehead atoms. The average molecular weight is 447 g/mol. The first-order valence-electron chi connectivity index (χ1n) is 10.5. The Morgan fingerprint density at radius 3 is 2.38 bits per heavy atom. The summed E-state index contributed by atoms with van der Waals surface area (Å²) in [7, 11) is 0. The molecule has 0 atom stereocenters. The van der Waals surface area contributed by atoms with Crippen LogP contribution in [0.3, 0.4) is 0 Å². The maximum Gasteiger partial charge on any atom is 0.407 e. The zero-order valence-electron chi connectivity index (χ0n) is 18.9. The summed E-state index contributed by atoms with van der Waals surface area (Å²) >= 11 is 0. The summed E-state index contributed by atoms with van der Waals surface area (Å²) in [4.78, 5) is 49.6. The Morgan fingerprint density at radius 2 is 1.75 bits per heavy atom. The second-order valence-corrected chi connectivity index (χ2v) is 8.12. The Bertz CT molecular complexity index is 973. The fraction of sp³-hybridized carbons (Fsp3) is 0.478. The van der Waals surface area contributed by atoms with E-state index in [1.165, 1.54) is 4.90 Å². The number of nitrogens with zero attached hydrogens (tertiary/aromatic N) is 1. The molecule has 2 aromatic carbocycles. The van der Waals surface area contributed by atoms with Crippen molar-refractivity contribution in [2.45, 2.75) is 46.3 Å². The Kier molecular flexibility index (Phi) is 8.80. The molecular weight excluding hydrogens is 416 g/mol. The van der Waals surface area contributed by atoms with Crippen LogP contribution in [0, 0.1) is 0 Å². The van der Waals surface area contributed by atoms with Crippen molar-refractivity contribution in [1.29, 1.82) is 0 Å². The molecule has 0 radical (unpaired) electrons. The fourth-order valence-corrected chi connectivity index (χ4v) is 2.96. The number of hydrogen-bond acceptors (Lipinski definition) is 8. The van der Waals surface area contributed by atoms with E-state index in [1.54, 1.807) is 27.7 Å². The molecule has 0 saturated carbocycles. The van der Waals surface area contributed by atoms with Crippen molar-refractivity contribution in [1.82, 2.24) is 5.32 Å². The second-order valence-electron chi connectivity index (χ2n) is 8.12. The molecule has 2 aromatic rings. The van der Waals surface area contributed by atoms with E-state index in [1.807, 2.05) is 30.3 Å². The van der Waals surface area contributed by atoms with Crippen LogP contribution in [0.2, 0.25) is 0 Å². The standard InChI is InChI=1S/C23H30N2O7/c1-5-30-21-18(19(27)20(21)28)25(14-17(26)32-23(2,3)4)13-9-12-24-22(29)31-15-16-10-7-6-8-11-16/h6-8,10-11H,5,9,12-15H2,1-4H3,(H,24,29). The van der Waals surface area contributed by atoms with Crippen molar-refractivity contribution >= 4 is 17.7 Å². The predicted octanol–water partition coefficient (Wildman–Crippen LogP) is 2.15. The van der Waals surface area contributed by atoms with Crippen LogP contribution in [0.4, 0.5) is 10.5 Å². The van der Waals surface area contributed by atoms with Gasteiger partial charge in [-0.1, -0.05) is 30.3 Å². The molecule has 0 aliphatic heterocycles. The molecule has 0 unspecified atom stereocenters. The zero-order chi connectivity index (χ0) is 23.7. The van der Waals surface area contributed by atoms with Crippen LogP contribution in [-0.4, -0.2) is 43.9 Å². The van der Waals surface area contributed by atoms with Crippen molar-refractivity contribution in [3.8, 4) is 5.75 Å². The van der Waals surface area contributed by atoms with Gasteiger partial charge in [0, 0.05) is 13.1 Å². The Hall–Kier alpha value is -3.36. The van der Waals surface area contributed by atoms with Gasteiger partial charge >= 0.3 is 12.1 Å². The molecule has 9 heteroatoms. The van der Waals surface area contributed by atoms with E-state index in [9.17, 15) is 19.2 Å². The number of esters is 1. The molecular formula is C23H30N2O7. The highest BCUT2D eigenvalue weighted by atomic mass is 16.6. The number of carbonyl (C=O) groups is 2. The number of benzene rings is 1. The third kappa shape index (κ3) is 7.40. The van der Waals surface area contributed by atoms with Gasteiger partial charge in [0.15, 0.2) is 5.75 Å². The molecule has 2 rings (SSSR count). The van der Waals surface area contributed by atoms with Crippen LogP contribution in [0.25, 0.3) is 0 Å². The number of alkyl carbamates (subject to hydrolysis) is 1. The summed E-state index contributed by atoms with van der Waals surface area (Å²) in [6, 6.07) is 9.28. The van der Waals surface area contributed by atoms with Gasteiger partial charge in [0.1, 0.15) is 24.4 Å². The molecule has 0 aromatic heterocycles. The smallest absolute Gasteiger partial charge is 0.407 e. The number of rotatable bonds is 11. The van der Waals surface area contributed by atoms with E-state index in [0.717, 1.165) is 5.56 Å². The summed E-state index contributed by atoms with van der Waals surface area (Å²) in [5.74, 6) is -0.584. The van der Waals surface area contributed by atoms with Gasteiger partial charge < -0.3 is 24.4 Å². The number of carbonyl (C=O) groups excluding carboxylic acids is 2. The van der Waals surface area contributed by atoms with Crippen LogP contribution in [0.15, 0.2) is 39.9 Å². The lowest BCUT2D eigenvalue weighted by Crippen LogP contribution is -2.45. The first kappa shape index (κ1) is 24.9. The average Bonchev–Trinajstić information content (AvgIpc) is 2.73. The number of hydrogen-bond donors (Lipinski definition) is 1. The third-order valence-corrected chi connectivity index (χ3v) is 4.27. The molecule has 0 saturated heterocycles. The van der Waals surface area contributed by atoms with Crippen molar-refractivity contribution in [2.24, 2.45) is 0 Å². The van der Waals surface area contributed by atoms with Gasteiger partial charge in [-0.05, 0) is 39.7 Å². The topological polar surface area (TPSA) is 111 Å². The monoisotopic (exact) mass is 446 g/mol. The van der Waals surface area contributed by atoms with Gasteiger partial charge in [-0.15, -0.1) is 0 Å². The number of ether oxygens (including phenoxy) is 3. The van der Waals surface area contributed by atoms with Gasteiger partial charge in [-0.3, -0.25) is 14.4 Å². The molecule has 174 valence electrons. The highest BCUT2D eigenvalue weighted by Gasteiger charge is 2.29. The lowest BCUT2D eigenvalue weighted by atomic mass is 10.1. The van der Waals surface area contributed by atoms with E-state index in [0.29, 0.717) is 6.42 Å². The van der Waals surface area contributed by atoms with Gasteiger partial charge in [0.25, 0.3) is 10.9 Å². The fourth-order valence-electron chi connectivity index (χ4n) is 2.96. The third-order valence-electron chi connectivity index (χ3n) is 4.27. The van der Waals surface area contributed by atoms with Gasteiger partial charge in [-0.25, -0.2) is 4.79 Å².